The van der Waals surface area contributed by atoms with Crippen LogP contribution in [0.25, 0.3) is 0 Å². The third-order valence-electron chi connectivity index (χ3n) is 3.16. The van der Waals surface area contributed by atoms with Crippen LogP contribution in [0, 0.1) is 10.1 Å². The second-order valence-electron chi connectivity index (χ2n) is 4.76. The molecular formula is C14H16N4O3S. The minimum atomic E-state index is -0.449. The molecule has 0 spiro atoms. The van der Waals surface area contributed by atoms with Gasteiger partial charge in [-0.2, -0.15) is 5.10 Å². The zero-order valence-electron chi connectivity index (χ0n) is 12.4. The highest BCUT2D eigenvalue weighted by molar-refractivity contribution is 8.15. The number of nitro benzene ring substituents is 1. The van der Waals surface area contributed by atoms with Crippen LogP contribution in [0.1, 0.15) is 25.8 Å². The molecular weight excluding hydrogens is 304 g/mol. The summed E-state index contributed by atoms with van der Waals surface area (Å²) >= 11 is 1.35. The zero-order chi connectivity index (χ0) is 16.1. The van der Waals surface area contributed by atoms with Crippen molar-refractivity contribution < 1.29 is 9.72 Å². The van der Waals surface area contributed by atoms with Crippen LogP contribution in [0.3, 0.4) is 0 Å². The van der Waals surface area contributed by atoms with E-state index in [0.717, 1.165) is 17.7 Å². The van der Waals surface area contributed by atoms with Crippen molar-refractivity contribution in [2.24, 2.45) is 10.2 Å². The number of nitrogens with zero attached hydrogens (tertiary/aromatic N) is 4. The number of hydrogen-bond donors (Lipinski definition) is 0. The fraction of sp³-hybridized carbons (Fsp3) is 0.357. The summed E-state index contributed by atoms with van der Waals surface area (Å²) < 4.78 is 0. The summed E-state index contributed by atoms with van der Waals surface area (Å²) in [7, 11) is 0. The molecule has 2 rings (SSSR count). The molecule has 1 aromatic carbocycles. The van der Waals surface area contributed by atoms with E-state index in [-0.39, 0.29) is 11.6 Å². The molecule has 0 aliphatic carbocycles. The maximum atomic E-state index is 11.9. The first-order valence-electron chi connectivity index (χ1n) is 6.79. The fourth-order valence-electron chi connectivity index (χ4n) is 1.73. The van der Waals surface area contributed by atoms with E-state index in [0.29, 0.717) is 17.5 Å². The molecule has 1 fully saturated rings. The summed E-state index contributed by atoms with van der Waals surface area (Å²) in [4.78, 5) is 23.7. The van der Waals surface area contributed by atoms with Crippen LogP contribution in [0.5, 0.6) is 0 Å². The minimum absolute atomic E-state index is 0.0305. The molecule has 7 nitrogen and oxygen atoms in total. The molecule has 0 atom stereocenters. The van der Waals surface area contributed by atoms with Crippen LogP contribution in [-0.4, -0.2) is 32.4 Å². The molecule has 0 saturated carbocycles. The molecule has 0 radical (unpaired) electrons. The largest absolute Gasteiger partial charge is 0.285 e. The highest BCUT2D eigenvalue weighted by Crippen LogP contribution is 2.23. The Bertz CT molecular complexity index is 640. The van der Waals surface area contributed by atoms with Gasteiger partial charge in [0.25, 0.3) is 5.69 Å². The van der Waals surface area contributed by atoms with E-state index in [9.17, 15) is 14.9 Å². The molecule has 1 aliphatic heterocycles. The average molecular weight is 320 g/mol. The van der Waals surface area contributed by atoms with E-state index < -0.39 is 4.92 Å². The number of nitro groups is 1. The Balaban J connectivity index is 2.15. The number of hydrogen-bond acceptors (Lipinski definition) is 6. The van der Waals surface area contributed by atoms with E-state index >= 15 is 0 Å². The fourth-order valence-corrected chi connectivity index (χ4v) is 2.56. The normalized spacial score (nSPS) is 17.4. The summed E-state index contributed by atoms with van der Waals surface area (Å²) in [5, 5.41) is 19.4. The lowest BCUT2D eigenvalue weighted by molar-refractivity contribution is -0.384. The van der Waals surface area contributed by atoms with Crippen LogP contribution in [-0.2, 0) is 11.3 Å². The van der Waals surface area contributed by atoms with Gasteiger partial charge in [0.05, 0.1) is 17.2 Å². The monoisotopic (exact) mass is 320 g/mol. The molecule has 1 aromatic rings. The van der Waals surface area contributed by atoms with Crippen molar-refractivity contribution >= 4 is 34.2 Å². The SMILES string of the molecule is CC/C(C)=N/N=C1\SCC(=O)N1Cc1ccc([N+](=O)[O-])cc1. The van der Waals surface area contributed by atoms with Crippen molar-refractivity contribution in [3.8, 4) is 0 Å². The molecule has 22 heavy (non-hydrogen) atoms. The zero-order valence-corrected chi connectivity index (χ0v) is 13.2. The van der Waals surface area contributed by atoms with Gasteiger partial charge in [0.1, 0.15) is 0 Å². The maximum absolute atomic E-state index is 11.9. The van der Waals surface area contributed by atoms with Gasteiger partial charge in [0.15, 0.2) is 5.17 Å². The first-order chi connectivity index (χ1) is 10.5. The minimum Gasteiger partial charge on any atom is -0.285 e. The van der Waals surface area contributed by atoms with Gasteiger partial charge >= 0.3 is 0 Å². The van der Waals surface area contributed by atoms with Gasteiger partial charge in [-0.1, -0.05) is 30.8 Å². The van der Waals surface area contributed by atoms with Gasteiger partial charge in [-0.3, -0.25) is 19.8 Å². The highest BCUT2D eigenvalue weighted by Gasteiger charge is 2.28. The first kappa shape index (κ1) is 16.2. The standard InChI is InChI=1S/C14H16N4O3S/c1-3-10(2)15-16-14-17(13(19)9-22-14)8-11-4-6-12(7-5-11)18(20)21/h4-7H,3,8-9H2,1-2H3/b15-10+,16-14-. The van der Waals surface area contributed by atoms with E-state index in [1.807, 2.05) is 13.8 Å². The predicted molar refractivity (Wildman–Crippen MR) is 86.9 cm³/mol. The van der Waals surface area contributed by atoms with E-state index in [2.05, 4.69) is 10.2 Å². The molecule has 0 N–H and O–H groups in total. The summed E-state index contributed by atoms with van der Waals surface area (Å²) in [5.41, 5.74) is 1.73. The number of amidine groups is 1. The average Bonchev–Trinajstić information content (AvgIpc) is 2.86. The number of carbonyl (C=O) groups excluding carboxylic acids is 1. The van der Waals surface area contributed by atoms with Gasteiger partial charge in [0, 0.05) is 17.8 Å². The quantitative estimate of drug-likeness (QED) is 0.474. The van der Waals surface area contributed by atoms with Crippen LogP contribution >= 0.6 is 11.8 Å². The number of amides is 1. The molecule has 1 heterocycles. The lowest BCUT2D eigenvalue weighted by Crippen LogP contribution is -2.28. The molecule has 0 unspecified atom stereocenters. The number of rotatable bonds is 5. The Hall–Kier alpha value is -2.22. The number of thioether (sulfide) groups is 1. The highest BCUT2D eigenvalue weighted by atomic mass is 32.2. The molecule has 1 saturated heterocycles. The molecule has 1 amide bonds. The Morgan fingerprint density at radius 3 is 2.68 bits per heavy atom. The molecule has 0 aromatic heterocycles. The third kappa shape index (κ3) is 3.91. The van der Waals surface area contributed by atoms with Crippen molar-refractivity contribution in [1.82, 2.24) is 4.90 Å². The Morgan fingerprint density at radius 2 is 2.09 bits per heavy atom. The molecule has 0 bridgehead atoms. The van der Waals surface area contributed by atoms with E-state index in [1.165, 1.54) is 23.9 Å². The number of carbonyl (C=O) groups is 1. The van der Waals surface area contributed by atoms with Crippen LogP contribution < -0.4 is 0 Å². The van der Waals surface area contributed by atoms with Crippen molar-refractivity contribution in [3.63, 3.8) is 0 Å². The van der Waals surface area contributed by atoms with E-state index in [1.54, 1.807) is 17.0 Å². The Morgan fingerprint density at radius 1 is 1.41 bits per heavy atom. The molecule has 1 aliphatic rings. The lowest BCUT2D eigenvalue weighted by Gasteiger charge is -2.15. The van der Waals surface area contributed by atoms with Crippen LogP contribution in [0.2, 0.25) is 0 Å². The van der Waals surface area contributed by atoms with Crippen molar-refractivity contribution in [3.05, 3.63) is 39.9 Å². The van der Waals surface area contributed by atoms with Gasteiger partial charge in [-0.05, 0) is 18.9 Å². The first-order valence-corrected chi connectivity index (χ1v) is 7.77. The second kappa shape index (κ2) is 7.17. The maximum Gasteiger partial charge on any atom is 0.269 e. The van der Waals surface area contributed by atoms with Gasteiger partial charge in [-0.25, -0.2) is 0 Å². The second-order valence-corrected chi connectivity index (χ2v) is 5.71. The number of non-ortho nitro benzene ring substituents is 1. The Kier molecular flexibility index (Phi) is 5.26. The van der Waals surface area contributed by atoms with E-state index in [4.69, 9.17) is 0 Å². The molecule has 116 valence electrons. The summed E-state index contributed by atoms with van der Waals surface area (Å²) in [6, 6.07) is 6.15. The van der Waals surface area contributed by atoms with Crippen LogP contribution in [0.15, 0.2) is 34.5 Å². The molecule has 8 heteroatoms. The Labute approximate surface area is 132 Å². The van der Waals surface area contributed by atoms with Crippen molar-refractivity contribution in [2.75, 3.05) is 5.75 Å². The summed E-state index contributed by atoms with van der Waals surface area (Å²) in [5.74, 6) is 0.304. The van der Waals surface area contributed by atoms with Crippen molar-refractivity contribution in [2.45, 2.75) is 26.8 Å². The van der Waals surface area contributed by atoms with Crippen molar-refractivity contribution in [1.29, 1.82) is 0 Å². The van der Waals surface area contributed by atoms with Gasteiger partial charge < -0.3 is 0 Å². The lowest BCUT2D eigenvalue weighted by atomic mass is 10.2. The third-order valence-corrected chi connectivity index (χ3v) is 4.11. The number of benzene rings is 1. The predicted octanol–water partition coefficient (Wildman–Crippen LogP) is 2.81. The summed E-state index contributed by atoms with van der Waals surface area (Å²) in [6.07, 6.45) is 0.803. The smallest absolute Gasteiger partial charge is 0.269 e. The topological polar surface area (TPSA) is 88.2 Å². The van der Waals surface area contributed by atoms with Gasteiger partial charge in [-0.15, -0.1) is 5.10 Å². The van der Waals surface area contributed by atoms with Gasteiger partial charge in [0.2, 0.25) is 5.91 Å². The summed E-state index contributed by atoms with van der Waals surface area (Å²) in [6.45, 7) is 4.20. The van der Waals surface area contributed by atoms with Crippen LogP contribution in [0.4, 0.5) is 5.69 Å².